The minimum atomic E-state index is 0.365. The Labute approximate surface area is 154 Å². The molecule has 0 heterocycles. The van der Waals surface area contributed by atoms with E-state index in [4.69, 9.17) is 14.2 Å². The van der Waals surface area contributed by atoms with Crippen molar-refractivity contribution in [3.8, 4) is 17.2 Å². The fourth-order valence-electron chi connectivity index (χ4n) is 2.64. The molecule has 0 aliphatic rings. The number of methoxy groups -OCH3 is 2. The van der Waals surface area contributed by atoms with E-state index < -0.39 is 0 Å². The molecule has 0 aromatic heterocycles. The van der Waals surface area contributed by atoms with Crippen LogP contribution in [0.1, 0.15) is 12.5 Å². The van der Waals surface area contributed by atoms with Gasteiger partial charge in [-0.2, -0.15) is 0 Å². The lowest BCUT2D eigenvalue weighted by Gasteiger charge is -2.16. The van der Waals surface area contributed by atoms with E-state index in [0.29, 0.717) is 12.6 Å². The van der Waals surface area contributed by atoms with Crippen molar-refractivity contribution < 1.29 is 14.2 Å². The Balaban J connectivity index is 1.78. The van der Waals surface area contributed by atoms with Crippen LogP contribution < -0.4 is 19.5 Å². The first kappa shape index (κ1) is 19.5. The molecule has 0 spiro atoms. The first-order valence-electron chi connectivity index (χ1n) is 8.38. The lowest BCUT2D eigenvalue weighted by atomic mass is 10.1. The normalized spacial score (nSPS) is 11.8. The maximum Gasteiger partial charge on any atom is 0.161 e. The van der Waals surface area contributed by atoms with Gasteiger partial charge >= 0.3 is 0 Å². The summed E-state index contributed by atoms with van der Waals surface area (Å²) in [5, 5.41) is 3.50. The highest BCUT2D eigenvalue weighted by molar-refractivity contribution is 7.98. The molecular formula is C20H27NO3S. The molecule has 2 rings (SSSR count). The fourth-order valence-corrected chi connectivity index (χ4v) is 3.26. The Kier molecular flexibility index (Phi) is 7.95. The van der Waals surface area contributed by atoms with E-state index >= 15 is 0 Å². The third-order valence-corrected chi connectivity index (χ3v) is 4.67. The molecule has 5 heteroatoms. The molecule has 0 radical (unpaired) electrons. The molecule has 25 heavy (non-hydrogen) atoms. The van der Waals surface area contributed by atoms with Crippen molar-refractivity contribution >= 4 is 11.8 Å². The molecule has 0 aliphatic heterocycles. The predicted molar refractivity (Wildman–Crippen MR) is 104 cm³/mol. The number of hydrogen-bond acceptors (Lipinski definition) is 5. The van der Waals surface area contributed by atoms with E-state index in [1.165, 1.54) is 10.5 Å². The van der Waals surface area contributed by atoms with E-state index in [9.17, 15) is 0 Å². The Morgan fingerprint density at radius 3 is 2.40 bits per heavy atom. The number of para-hydroxylation sites is 2. The summed E-state index contributed by atoms with van der Waals surface area (Å²) in [6, 6.07) is 14.4. The van der Waals surface area contributed by atoms with Crippen LogP contribution in [0.5, 0.6) is 17.2 Å². The maximum atomic E-state index is 5.79. The van der Waals surface area contributed by atoms with Crippen LogP contribution in [-0.4, -0.2) is 39.7 Å². The molecule has 0 fully saturated rings. The zero-order chi connectivity index (χ0) is 18.1. The van der Waals surface area contributed by atoms with Crippen molar-refractivity contribution in [1.82, 2.24) is 5.32 Å². The van der Waals surface area contributed by atoms with E-state index in [0.717, 1.165) is 30.2 Å². The van der Waals surface area contributed by atoms with E-state index in [-0.39, 0.29) is 0 Å². The summed E-state index contributed by atoms with van der Waals surface area (Å²) in [6.45, 7) is 3.57. The summed E-state index contributed by atoms with van der Waals surface area (Å²) in [4.78, 5) is 1.17. The third-order valence-electron chi connectivity index (χ3n) is 3.91. The summed E-state index contributed by atoms with van der Waals surface area (Å²) in [5.41, 5.74) is 1.30. The molecule has 0 aliphatic carbocycles. The van der Waals surface area contributed by atoms with Gasteiger partial charge in [0.15, 0.2) is 11.5 Å². The summed E-state index contributed by atoms with van der Waals surface area (Å²) in [5.74, 6) is 2.47. The van der Waals surface area contributed by atoms with Crippen LogP contribution in [0.3, 0.4) is 0 Å². The lowest BCUT2D eigenvalue weighted by molar-refractivity contribution is 0.287. The number of rotatable bonds is 10. The summed E-state index contributed by atoms with van der Waals surface area (Å²) in [7, 11) is 3.36. The van der Waals surface area contributed by atoms with Crippen molar-refractivity contribution in [2.24, 2.45) is 0 Å². The van der Waals surface area contributed by atoms with Gasteiger partial charge in [0.1, 0.15) is 12.4 Å². The van der Waals surface area contributed by atoms with Crippen molar-refractivity contribution in [2.75, 3.05) is 33.6 Å². The molecule has 0 saturated carbocycles. The van der Waals surface area contributed by atoms with Crippen molar-refractivity contribution in [1.29, 1.82) is 0 Å². The Bertz CT molecular complexity index is 663. The Morgan fingerprint density at radius 1 is 1.00 bits per heavy atom. The van der Waals surface area contributed by atoms with Gasteiger partial charge in [0.2, 0.25) is 0 Å². The number of nitrogens with one attached hydrogen (secondary N) is 1. The summed E-state index contributed by atoms with van der Waals surface area (Å²) >= 11 is 1.71. The van der Waals surface area contributed by atoms with Gasteiger partial charge in [-0.15, -0.1) is 11.8 Å². The molecule has 2 aromatic carbocycles. The first-order valence-corrected chi connectivity index (χ1v) is 9.60. The van der Waals surface area contributed by atoms with Crippen LogP contribution in [0.15, 0.2) is 47.4 Å². The largest absolute Gasteiger partial charge is 0.496 e. The number of thioether (sulfide) groups is 1. The molecule has 136 valence electrons. The molecule has 4 nitrogen and oxygen atoms in total. The average molecular weight is 362 g/mol. The van der Waals surface area contributed by atoms with E-state index in [2.05, 4.69) is 30.6 Å². The molecule has 1 atom stereocenters. The minimum absolute atomic E-state index is 0.365. The molecule has 2 aromatic rings. The Morgan fingerprint density at radius 2 is 1.72 bits per heavy atom. The Hall–Kier alpha value is -1.85. The van der Waals surface area contributed by atoms with Crippen LogP contribution >= 0.6 is 11.8 Å². The number of ether oxygens (including phenoxy) is 3. The molecule has 1 N–H and O–H groups in total. The maximum absolute atomic E-state index is 5.79. The standard InChI is InChI=1S/C20H27NO3S/c1-15(13-16-9-10-19(23-3)20(14-16)25-4)21-11-12-24-18-8-6-5-7-17(18)22-2/h5-10,14-15,21H,11-13H2,1-4H3. The van der Waals surface area contributed by atoms with Gasteiger partial charge in [-0.3, -0.25) is 0 Å². The van der Waals surface area contributed by atoms with Gasteiger partial charge < -0.3 is 19.5 Å². The lowest BCUT2D eigenvalue weighted by Crippen LogP contribution is -2.31. The van der Waals surface area contributed by atoms with Crippen LogP contribution in [0.25, 0.3) is 0 Å². The monoisotopic (exact) mass is 361 g/mol. The zero-order valence-electron chi connectivity index (χ0n) is 15.4. The van der Waals surface area contributed by atoms with Crippen molar-refractivity contribution in [2.45, 2.75) is 24.3 Å². The highest BCUT2D eigenvalue weighted by Crippen LogP contribution is 2.28. The number of benzene rings is 2. The van der Waals surface area contributed by atoms with E-state index in [1.54, 1.807) is 26.0 Å². The van der Waals surface area contributed by atoms with Crippen LogP contribution in [-0.2, 0) is 6.42 Å². The molecule has 1 unspecified atom stereocenters. The van der Waals surface area contributed by atoms with Crippen molar-refractivity contribution in [3.63, 3.8) is 0 Å². The first-order chi connectivity index (χ1) is 12.2. The van der Waals surface area contributed by atoms with Gasteiger partial charge in [-0.05, 0) is 49.4 Å². The van der Waals surface area contributed by atoms with Gasteiger partial charge in [0, 0.05) is 17.5 Å². The SMILES string of the molecule is COc1ccccc1OCCNC(C)Cc1ccc(OC)c(SC)c1. The van der Waals surface area contributed by atoms with Crippen molar-refractivity contribution in [3.05, 3.63) is 48.0 Å². The highest BCUT2D eigenvalue weighted by Gasteiger charge is 2.08. The topological polar surface area (TPSA) is 39.7 Å². The summed E-state index contributed by atoms with van der Waals surface area (Å²) in [6.07, 6.45) is 3.03. The fraction of sp³-hybridized carbons (Fsp3) is 0.400. The average Bonchev–Trinajstić information content (AvgIpc) is 2.65. The second-order valence-electron chi connectivity index (χ2n) is 5.75. The van der Waals surface area contributed by atoms with Gasteiger partial charge in [-0.1, -0.05) is 18.2 Å². The predicted octanol–water partition coefficient (Wildman–Crippen LogP) is 4.03. The van der Waals surface area contributed by atoms with Crippen LogP contribution in [0.4, 0.5) is 0 Å². The quantitative estimate of drug-likeness (QED) is 0.511. The second-order valence-corrected chi connectivity index (χ2v) is 6.60. The van der Waals surface area contributed by atoms with Crippen LogP contribution in [0, 0.1) is 0 Å². The summed E-state index contributed by atoms with van der Waals surface area (Å²) < 4.78 is 16.4. The van der Waals surface area contributed by atoms with Gasteiger partial charge in [-0.25, -0.2) is 0 Å². The number of hydrogen-bond donors (Lipinski definition) is 1. The molecular weight excluding hydrogens is 334 g/mol. The van der Waals surface area contributed by atoms with E-state index in [1.807, 2.05) is 30.3 Å². The smallest absolute Gasteiger partial charge is 0.161 e. The van der Waals surface area contributed by atoms with Gasteiger partial charge in [0.05, 0.1) is 14.2 Å². The van der Waals surface area contributed by atoms with Gasteiger partial charge in [0.25, 0.3) is 0 Å². The second kappa shape index (κ2) is 10.2. The molecule has 0 bridgehead atoms. The zero-order valence-corrected chi connectivity index (χ0v) is 16.2. The molecule has 0 saturated heterocycles. The highest BCUT2D eigenvalue weighted by atomic mass is 32.2. The van der Waals surface area contributed by atoms with Crippen LogP contribution in [0.2, 0.25) is 0 Å². The minimum Gasteiger partial charge on any atom is -0.496 e. The molecule has 0 amide bonds. The third kappa shape index (κ3) is 5.87.